The van der Waals surface area contributed by atoms with Crippen LogP contribution in [0.2, 0.25) is 0 Å². The van der Waals surface area contributed by atoms with Crippen LogP contribution in [0.1, 0.15) is 43.6 Å². The van der Waals surface area contributed by atoms with Gasteiger partial charge in [-0.3, -0.25) is 0 Å². The molecule has 0 aliphatic carbocycles. The average molecular weight is 261 g/mol. The van der Waals surface area contributed by atoms with Crippen LogP contribution in [-0.4, -0.2) is 15.2 Å². The van der Waals surface area contributed by atoms with E-state index >= 15 is 0 Å². The zero-order chi connectivity index (χ0) is 13.8. The van der Waals surface area contributed by atoms with Gasteiger partial charge in [0.1, 0.15) is 5.75 Å². The summed E-state index contributed by atoms with van der Waals surface area (Å²) in [7, 11) is 0. The number of rotatable bonds is 5. The Hall–Kier alpha value is -1.88. The zero-order valence-corrected chi connectivity index (χ0v) is 11.2. The molecule has 0 saturated heterocycles. The summed E-state index contributed by atoms with van der Waals surface area (Å²) in [6.07, 6.45) is 1.54. The highest BCUT2D eigenvalue weighted by Crippen LogP contribution is 2.20. The number of aromatic nitrogens is 2. The van der Waals surface area contributed by atoms with Crippen LogP contribution in [0.5, 0.6) is 5.75 Å². The molecule has 3 N–H and O–H groups in total. The van der Waals surface area contributed by atoms with Gasteiger partial charge in [0.05, 0.1) is 6.04 Å². The Labute approximate surface area is 112 Å². The van der Waals surface area contributed by atoms with Gasteiger partial charge in [-0.05, 0) is 23.6 Å². The largest absolute Gasteiger partial charge is 0.508 e. The molecule has 1 heterocycles. The van der Waals surface area contributed by atoms with Crippen molar-refractivity contribution in [2.45, 2.75) is 32.7 Å². The maximum absolute atomic E-state index is 9.22. The number of hydrogen-bond acceptors (Lipinski definition) is 5. The number of phenolic OH excluding ortho intramolecular Hbond substituents is 1. The van der Waals surface area contributed by atoms with Crippen molar-refractivity contribution >= 4 is 0 Å². The average Bonchev–Trinajstić information content (AvgIpc) is 2.88. The van der Waals surface area contributed by atoms with Gasteiger partial charge in [-0.25, -0.2) is 0 Å². The highest BCUT2D eigenvalue weighted by Gasteiger charge is 2.19. The number of nitrogens with two attached hydrogens (primary N) is 1. The van der Waals surface area contributed by atoms with Gasteiger partial charge in [-0.1, -0.05) is 37.6 Å². The second-order valence-corrected chi connectivity index (χ2v) is 4.80. The van der Waals surface area contributed by atoms with Gasteiger partial charge < -0.3 is 15.4 Å². The van der Waals surface area contributed by atoms with E-state index in [-0.39, 0.29) is 11.8 Å². The minimum Gasteiger partial charge on any atom is -0.508 e. The number of aromatic hydroxyl groups is 1. The van der Waals surface area contributed by atoms with Crippen molar-refractivity contribution in [3.63, 3.8) is 0 Å². The zero-order valence-electron chi connectivity index (χ0n) is 11.2. The van der Waals surface area contributed by atoms with Crippen LogP contribution in [0.4, 0.5) is 0 Å². The fraction of sp³-hybridized carbons (Fsp3) is 0.429. The summed E-state index contributed by atoms with van der Waals surface area (Å²) >= 11 is 0. The van der Waals surface area contributed by atoms with E-state index in [0.29, 0.717) is 24.1 Å². The lowest BCUT2D eigenvalue weighted by Gasteiger charge is -2.12. The normalized spacial score (nSPS) is 14.3. The van der Waals surface area contributed by atoms with E-state index in [2.05, 4.69) is 24.0 Å². The van der Waals surface area contributed by atoms with E-state index in [1.54, 1.807) is 12.1 Å². The Morgan fingerprint density at radius 1 is 1.32 bits per heavy atom. The third-order valence-electron chi connectivity index (χ3n) is 3.32. The van der Waals surface area contributed by atoms with E-state index < -0.39 is 0 Å². The van der Waals surface area contributed by atoms with Crippen molar-refractivity contribution in [2.75, 3.05) is 0 Å². The van der Waals surface area contributed by atoms with Crippen LogP contribution in [-0.2, 0) is 6.42 Å². The van der Waals surface area contributed by atoms with E-state index in [9.17, 15) is 5.11 Å². The van der Waals surface area contributed by atoms with Crippen molar-refractivity contribution in [3.05, 3.63) is 41.5 Å². The fourth-order valence-electron chi connectivity index (χ4n) is 1.77. The van der Waals surface area contributed by atoms with Crippen molar-refractivity contribution in [1.29, 1.82) is 0 Å². The summed E-state index contributed by atoms with van der Waals surface area (Å²) in [6.45, 7) is 4.15. The third-order valence-corrected chi connectivity index (χ3v) is 3.32. The number of benzene rings is 1. The first kappa shape index (κ1) is 13.5. The molecule has 0 unspecified atom stereocenters. The molecular weight excluding hydrogens is 242 g/mol. The maximum Gasteiger partial charge on any atom is 0.243 e. The predicted octanol–water partition coefficient (Wildman–Crippen LogP) is 2.41. The number of hydrogen-bond donors (Lipinski definition) is 2. The molecule has 0 radical (unpaired) electrons. The Balaban J connectivity index is 2.07. The highest BCUT2D eigenvalue weighted by atomic mass is 16.5. The van der Waals surface area contributed by atoms with Crippen molar-refractivity contribution in [3.8, 4) is 5.75 Å². The Bertz CT molecular complexity index is 522. The molecule has 0 amide bonds. The lowest BCUT2D eigenvalue weighted by Crippen LogP contribution is -2.18. The van der Waals surface area contributed by atoms with Gasteiger partial charge >= 0.3 is 0 Å². The summed E-state index contributed by atoms with van der Waals surface area (Å²) in [5.41, 5.74) is 7.06. The third kappa shape index (κ3) is 3.32. The quantitative estimate of drug-likeness (QED) is 0.863. The van der Waals surface area contributed by atoms with Crippen molar-refractivity contribution in [1.82, 2.24) is 10.1 Å². The summed E-state index contributed by atoms with van der Waals surface area (Å²) in [4.78, 5) is 4.33. The summed E-state index contributed by atoms with van der Waals surface area (Å²) in [5.74, 6) is 1.65. The van der Waals surface area contributed by atoms with Gasteiger partial charge in [0.15, 0.2) is 5.82 Å². The molecule has 0 aliphatic heterocycles. The monoisotopic (exact) mass is 261 g/mol. The molecule has 2 rings (SSSR count). The standard InChI is InChI=1S/C14H19N3O2/c1-3-9(2)13(15)14-16-12(17-19-14)8-10-4-6-11(18)7-5-10/h4-7,9,13,18H,3,8,15H2,1-2H3/t9-,13-/m0/s1. The molecule has 0 fully saturated rings. The van der Waals surface area contributed by atoms with E-state index in [0.717, 1.165) is 12.0 Å². The summed E-state index contributed by atoms with van der Waals surface area (Å²) in [6, 6.07) is 6.73. The molecule has 0 spiro atoms. The molecule has 1 aromatic carbocycles. The van der Waals surface area contributed by atoms with E-state index in [4.69, 9.17) is 10.3 Å². The Kier molecular flexibility index (Phi) is 4.16. The van der Waals surface area contributed by atoms with E-state index in [1.807, 2.05) is 12.1 Å². The van der Waals surface area contributed by atoms with Crippen LogP contribution < -0.4 is 5.73 Å². The molecule has 5 heteroatoms. The molecule has 5 nitrogen and oxygen atoms in total. The van der Waals surface area contributed by atoms with Crippen LogP contribution in [0.15, 0.2) is 28.8 Å². The van der Waals surface area contributed by atoms with Crippen LogP contribution in [0, 0.1) is 5.92 Å². The molecule has 0 bridgehead atoms. The minimum atomic E-state index is -0.217. The predicted molar refractivity (Wildman–Crippen MR) is 71.6 cm³/mol. The molecule has 2 atom stereocenters. The van der Waals surface area contributed by atoms with Gasteiger partial charge in [0.2, 0.25) is 5.89 Å². The number of nitrogens with zero attached hydrogens (tertiary/aromatic N) is 2. The molecule has 1 aromatic heterocycles. The van der Waals surface area contributed by atoms with Gasteiger partial charge in [-0.15, -0.1) is 0 Å². The summed E-state index contributed by atoms with van der Waals surface area (Å²) in [5, 5.41) is 13.2. The van der Waals surface area contributed by atoms with Crippen LogP contribution >= 0.6 is 0 Å². The molecule has 102 valence electrons. The molecular formula is C14H19N3O2. The topological polar surface area (TPSA) is 85.2 Å². The molecule has 19 heavy (non-hydrogen) atoms. The maximum atomic E-state index is 9.22. The van der Waals surface area contributed by atoms with Crippen LogP contribution in [0.3, 0.4) is 0 Å². The Morgan fingerprint density at radius 3 is 2.63 bits per heavy atom. The Morgan fingerprint density at radius 2 is 2.00 bits per heavy atom. The SMILES string of the molecule is CC[C@H](C)[C@H](N)c1nc(Cc2ccc(O)cc2)no1. The first-order valence-electron chi connectivity index (χ1n) is 6.46. The lowest BCUT2D eigenvalue weighted by molar-refractivity contribution is 0.310. The highest BCUT2D eigenvalue weighted by molar-refractivity contribution is 5.27. The molecule has 2 aromatic rings. The number of phenols is 1. The summed E-state index contributed by atoms with van der Waals surface area (Å²) < 4.78 is 5.21. The first-order chi connectivity index (χ1) is 9.10. The van der Waals surface area contributed by atoms with Gasteiger partial charge in [0.25, 0.3) is 0 Å². The smallest absolute Gasteiger partial charge is 0.243 e. The fourth-order valence-corrected chi connectivity index (χ4v) is 1.77. The van der Waals surface area contributed by atoms with Gasteiger partial charge in [-0.2, -0.15) is 4.98 Å². The second-order valence-electron chi connectivity index (χ2n) is 4.80. The van der Waals surface area contributed by atoms with Crippen molar-refractivity contribution in [2.24, 2.45) is 11.7 Å². The van der Waals surface area contributed by atoms with E-state index in [1.165, 1.54) is 0 Å². The minimum absolute atomic E-state index is 0.217. The molecule has 0 saturated carbocycles. The van der Waals surface area contributed by atoms with Gasteiger partial charge in [0, 0.05) is 6.42 Å². The lowest BCUT2D eigenvalue weighted by atomic mass is 10.0. The molecule has 0 aliphatic rings. The van der Waals surface area contributed by atoms with Crippen molar-refractivity contribution < 1.29 is 9.63 Å². The first-order valence-corrected chi connectivity index (χ1v) is 6.46. The second kappa shape index (κ2) is 5.84. The van der Waals surface area contributed by atoms with Crippen LogP contribution in [0.25, 0.3) is 0 Å².